The van der Waals surface area contributed by atoms with Gasteiger partial charge >= 0.3 is 11.9 Å². The van der Waals surface area contributed by atoms with Crippen molar-refractivity contribution in [1.29, 1.82) is 0 Å². The van der Waals surface area contributed by atoms with E-state index in [-0.39, 0.29) is 24.9 Å². The number of carbonyl (C=O) groups is 3. The van der Waals surface area contributed by atoms with Gasteiger partial charge in [-0.05, 0) is 48.4 Å². The lowest BCUT2D eigenvalue weighted by Crippen LogP contribution is -2.32. The van der Waals surface area contributed by atoms with Crippen molar-refractivity contribution < 1.29 is 23.9 Å². The fourth-order valence-corrected chi connectivity index (χ4v) is 2.65. The Labute approximate surface area is 187 Å². The monoisotopic (exact) mass is 440 g/mol. The molecule has 170 valence electrons. The maximum absolute atomic E-state index is 12.3. The number of nitrogens with two attached hydrogens (primary N) is 2. The van der Waals surface area contributed by atoms with Crippen LogP contribution < -0.4 is 16.2 Å². The molecular formula is C23H28N4O5. The van der Waals surface area contributed by atoms with Crippen molar-refractivity contribution in [3.8, 4) is 5.75 Å². The summed E-state index contributed by atoms with van der Waals surface area (Å²) in [5.74, 6) is -1.03. The van der Waals surface area contributed by atoms with E-state index in [0.717, 1.165) is 12.8 Å². The van der Waals surface area contributed by atoms with Crippen LogP contribution in [0.25, 0.3) is 0 Å². The first kappa shape index (κ1) is 24.4. The average molecular weight is 441 g/mol. The molecule has 0 aliphatic carbocycles. The van der Waals surface area contributed by atoms with E-state index in [2.05, 4.69) is 4.99 Å². The van der Waals surface area contributed by atoms with Gasteiger partial charge in [0.2, 0.25) is 0 Å². The molecule has 0 atom stereocenters. The summed E-state index contributed by atoms with van der Waals surface area (Å²) >= 11 is 0. The van der Waals surface area contributed by atoms with Gasteiger partial charge in [-0.3, -0.25) is 9.59 Å². The number of benzene rings is 2. The minimum atomic E-state index is -0.542. The highest BCUT2D eigenvalue weighted by Crippen LogP contribution is 2.17. The van der Waals surface area contributed by atoms with Crippen LogP contribution in [-0.4, -0.2) is 48.9 Å². The molecule has 0 fully saturated rings. The van der Waals surface area contributed by atoms with Crippen molar-refractivity contribution in [1.82, 2.24) is 4.90 Å². The van der Waals surface area contributed by atoms with Crippen molar-refractivity contribution >= 4 is 29.5 Å². The van der Waals surface area contributed by atoms with Crippen LogP contribution in [0.3, 0.4) is 0 Å². The van der Waals surface area contributed by atoms with Gasteiger partial charge in [-0.25, -0.2) is 9.79 Å². The van der Waals surface area contributed by atoms with E-state index in [0.29, 0.717) is 29.1 Å². The van der Waals surface area contributed by atoms with Crippen molar-refractivity contribution in [2.45, 2.75) is 26.2 Å². The molecule has 1 amide bonds. The molecule has 32 heavy (non-hydrogen) atoms. The van der Waals surface area contributed by atoms with Gasteiger partial charge in [-0.1, -0.05) is 25.5 Å². The summed E-state index contributed by atoms with van der Waals surface area (Å²) in [6, 6.07) is 12.8. The third-order valence-corrected chi connectivity index (χ3v) is 4.47. The van der Waals surface area contributed by atoms with E-state index in [1.807, 2.05) is 6.92 Å². The van der Waals surface area contributed by atoms with E-state index in [1.165, 1.54) is 0 Å². The molecule has 2 aromatic carbocycles. The Morgan fingerprint density at radius 1 is 1.00 bits per heavy atom. The molecule has 0 bridgehead atoms. The smallest absolute Gasteiger partial charge is 0.343 e. The molecule has 0 unspecified atom stereocenters. The predicted molar refractivity (Wildman–Crippen MR) is 121 cm³/mol. The minimum Gasteiger partial charge on any atom is -0.455 e. The summed E-state index contributed by atoms with van der Waals surface area (Å²) in [5, 5.41) is 0. The van der Waals surface area contributed by atoms with Gasteiger partial charge < -0.3 is 25.8 Å². The van der Waals surface area contributed by atoms with Gasteiger partial charge in [0.05, 0.1) is 17.7 Å². The highest BCUT2D eigenvalue weighted by Gasteiger charge is 2.13. The van der Waals surface area contributed by atoms with E-state index < -0.39 is 11.9 Å². The normalized spacial score (nSPS) is 10.2. The second-order valence-corrected chi connectivity index (χ2v) is 7.12. The van der Waals surface area contributed by atoms with Gasteiger partial charge in [-0.15, -0.1) is 0 Å². The molecule has 2 aromatic rings. The molecule has 0 saturated carbocycles. The fraction of sp³-hybridized carbons (Fsp3) is 0.304. The summed E-state index contributed by atoms with van der Waals surface area (Å²) in [6.45, 7) is 2.39. The summed E-state index contributed by atoms with van der Waals surface area (Å²) in [7, 11) is 1.68. The molecule has 0 spiro atoms. The summed E-state index contributed by atoms with van der Waals surface area (Å²) < 4.78 is 10.4. The van der Waals surface area contributed by atoms with Gasteiger partial charge in [0.1, 0.15) is 5.75 Å². The summed E-state index contributed by atoms with van der Waals surface area (Å²) in [4.78, 5) is 41.6. The van der Waals surface area contributed by atoms with Crippen molar-refractivity contribution in [2.24, 2.45) is 16.5 Å². The molecular weight excluding hydrogens is 412 g/mol. The molecule has 9 heteroatoms. The van der Waals surface area contributed by atoms with E-state index in [4.69, 9.17) is 20.9 Å². The van der Waals surface area contributed by atoms with Crippen LogP contribution >= 0.6 is 0 Å². The Hall–Kier alpha value is -3.88. The van der Waals surface area contributed by atoms with Gasteiger partial charge in [0, 0.05) is 13.6 Å². The molecule has 0 saturated heterocycles. The molecule has 0 heterocycles. The lowest BCUT2D eigenvalue weighted by Gasteiger charge is -2.16. The number of amides is 1. The van der Waals surface area contributed by atoms with Gasteiger partial charge in [0.25, 0.3) is 5.91 Å². The number of rotatable bonds is 10. The summed E-state index contributed by atoms with van der Waals surface area (Å²) in [5.41, 5.74) is 12.2. The second-order valence-electron chi connectivity index (χ2n) is 7.12. The Morgan fingerprint density at radius 3 is 2.25 bits per heavy atom. The molecule has 0 aliphatic heterocycles. The standard InChI is InChI=1S/C23H28N4O5/c1-3-4-13-27(2)20(28)15-31-21(29)14-16-5-11-19(12-6-16)32-22(30)17-7-9-18(10-8-17)26-23(24)25/h5-12H,3-4,13-15H2,1-2H3,(H4,24,25,26). The maximum Gasteiger partial charge on any atom is 0.343 e. The van der Waals surface area contributed by atoms with Crippen molar-refractivity contribution in [3.63, 3.8) is 0 Å². The molecule has 0 aromatic heterocycles. The Bertz CT molecular complexity index is 951. The van der Waals surface area contributed by atoms with Crippen LogP contribution in [0.1, 0.15) is 35.7 Å². The predicted octanol–water partition coefficient (Wildman–Crippen LogP) is 2.15. The van der Waals surface area contributed by atoms with Gasteiger partial charge in [-0.2, -0.15) is 0 Å². The van der Waals surface area contributed by atoms with Gasteiger partial charge in [0.15, 0.2) is 12.6 Å². The van der Waals surface area contributed by atoms with Crippen LogP contribution in [0, 0.1) is 0 Å². The lowest BCUT2D eigenvalue weighted by atomic mass is 10.1. The Kier molecular flexibility index (Phi) is 9.22. The number of esters is 2. The summed E-state index contributed by atoms with van der Waals surface area (Å²) in [6.07, 6.45) is 1.89. The topological polar surface area (TPSA) is 137 Å². The maximum atomic E-state index is 12.3. The van der Waals surface area contributed by atoms with Crippen LogP contribution in [-0.2, 0) is 20.7 Å². The zero-order chi connectivity index (χ0) is 23.5. The number of hydrogen-bond acceptors (Lipinski definition) is 6. The van der Waals surface area contributed by atoms with E-state index >= 15 is 0 Å². The molecule has 9 nitrogen and oxygen atoms in total. The van der Waals surface area contributed by atoms with Crippen LogP contribution in [0.5, 0.6) is 5.75 Å². The number of hydrogen-bond donors (Lipinski definition) is 2. The second kappa shape index (κ2) is 12.1. The van der Waals surface area contributed by atoms with Crippen LogP contribution in [0.2, 0.25) is 0 Å². The number of likely N-dealkylation sites (N-methyl/N-ethyl adjacent to an activating group) is 1. The van der Waals surface area contributed by atoms with Crippen molar-refractivity contribution in [2.75, 3.05) is 20.2 Å². The first-order chi connectivity index (χ1) is 15.3. The number of ether oxygens (including phenoxy) is 2. The number of nitrogens with zero attached hydrogens (tertiary/aromatic N) is 2. The van der Waals surface area contributed by atoms with Crippen LogP contribution in [0.4, 0.5) is 5.69 Å². The number of carbonyl (C=O) groups excluding carboxylic acids is 3. The molecule has 2 rings (SSSR count). The minimum absolute atomic E-state index is 0.00638. The highest BCUT2D eigenvalue weighted by molar-refractivity contribution is 5.91. The van der Waals surface area contributed by atoms with E-state index in [1.54, 1.807) is 60.5 Å². The molecule has 4 N–H and O–H groups in total. The third-order valence-electron chi connectivity index (χ3n) is 4.47. The van der Waals surface area contributed by atoms with E-state index in [9.17, 15) is 14.4 Å². The first-order valence-corrected chi connectivity index (χ1v) is 10.2. The lowest BCUT2D eigenvalue weighted by molar-refractivity contribution is -0.151. The van der Waals surface area contributed by atoms with Crippen molar-refractivity contribution in [3.05, 3.63) is 59.7 Å². The third kappa shape index (κ3) is 8.10. The largest absolute Gasteiger partial charge is 0.455 e. The Balaban J connectivity index is 1.83. The number of aliphatic imine (C=N–C) groups is 1. The quantitative estimate of drug-likeness (QED) is 0.250. The zero-order valence-corrected chi connectivity index (χ0v) is 18.2. The average Bonchev–Trinajstić information content (AvgIpc) is 2.77. The number of guanidine groups is 1. The number of unbranched alkanes of at least 4 members (excludes halogenated alkanes) is 1. The first-order valence-electron chi connectivity index (χ1n) is 10.2. The zero-order valence-electron chi connectivity index (χ0n) is 18.2. The van der Waals surface area contributed by atoms with Crippen LogP contribution in [0.15, 0.2) is 53.5 Å². The Morgan fingerprint density at radius 2 is 1.66 bits per heavy atom. The molecule has 0 aliphatic rings. The highest BCUT2D eigenvalue weighted by atomic mass is 16.5. The molecule has 0 radical (unpaired) electrons. The SMILES string of the molecule is CCCCN(C)C(=O)COC(=O)Cc1ccc(OC(=O)c2ccc(N=C(N)N)cc2)cc1. The fourth-order valence-electron chi connectivity index (χ4n) is 2.65.